The van der Waals surface area contributed by atoms with E-state index < -0.39 is 0 Å². The maximum Gasteiger partial charge on any atom is 0.313 e. The van der Waals surface area contributed by atoms with E-state index in [1.165, 1.54) is 7.11 Å². The van der Waals surface area contributed by atoms with Gasteiger partial charge in [0.05, 0.1) is 18.9 Å². The zero-order valence-corrected chi connectivity index (χ0v) is 16.7. The third kappa shape index (κ3) is 3.45. The second-order valence-electron chi connectivity index (χ2n) is 8.50. The van der Waals surface area contributed by atoms with Gasteiger partial charge in [-0.15, -0.1) is 0 Å². The van der Waals surface area contributed by atoms with E-state index in [0.29, 0.717) is 13.0 Å². The summed E-state index contributed by atoms with van der Waals surface area (Å²) in [5.74, 6) is -1.04. The molecule has 6 nitrogen and oxygen atoms in total. The highest BCUT2D eigenvalue weighted by Gasteiger charge is 2.44. The molecular weight excluding hydrogens is 344 g/mol. The van der Waals surface area contributed by atoms with Gasteiger partial charge >= 0.3 is 5.97 Å². The van der Waals surface area contributed by atoms with Gasteiger partial charge in [0.2, 0.25) is 11.8 Å². The van der Waals surface area contributed by atoms with Gasteiger partial charge in [-0.1, -0.05) is 18.2 Å². The van der Waals surface area contributed by atoms with Gasteiger partial charge < -0.3 is 14.5 Å². The van der Waals surface area contributed by atoms with Crippen LogP contribution in [0.15, 0.2) is 24.3 Å². The Kier molecular flexibility index (Phi) is 5.02. The topological polar surface area (TPSA) is 66.9 Å². The fraction of sp³-hybridized carbons (Fsp3) is 0.571. The summed E-state index contributed by atoms with van der Waals surface area (Å²) in [7, 11) is 1.39. The molecule has 0 aliphatic carbocycles. The number of carbonyl (C=O) groups is 3. The van der Waals surface area contributed by atoms with Crippen molar-refractivity contribution in [2.75, 3.05) is 18.6 Å². The Hall–Kier alpha value is -2.37. The predicted molar refractivity (Wildman–Crippen MR) is 102 cm³/mol. The van der Waals surface area contributed by atoms with Crippen molar-refractivity contribution < 1.29 is 19.1 Å². The van der Waals surface area contributed by atoms with E-state index in [1.807, 2.05) is 52.0 Å². The largest absolute Gasteiger partial charge is 0.469 e. The van der Waals surface area contributed by atoms with Crippen molar-refractivity contribution in [1.82, 2.24) is 4.90 Å². The monoisotopic (exact) mass is 372 g/mol. The van der Waals surface area contributed by atoms with Gasteiger partial charge in [-0.05, 0) is 45.7 Å². The second kappa shape index (κ2) is 6.98. The molecule has 146 valence electrons. The van der Waals surface area contributed by atoms with Gasteiger partial charge in [0.1, 0.15) is 0 Å². The van der Waals surface area contributed by atoms with Crippen molar-refractivity contribution in [3.8, 4) is 0 Å². The predicted octanol–water partition coefficient (Wildman–Crippen LogP) is 2.72. The fourth-order valence-corrected chi connectivity index (χ4v) is 4.23. The van der Waals surface area contributed by atoms with Gasteiger partial charge in [-0.3, -0.25) is 14.4 Å². The number of likely N-dealkylation sites (tertiary alicyclic amines) is 1. The molecule has 0 spiro atoms. The zero-order chi connectivity index (χ0) is 19.9. The number of anilines is 1. The summed E-state index contributed by atoms with van der Waals surface area (Å²) >= 11 is 0. The molecule has 2 heterocycles. The van der Waals surface area contributed by atoms with Crippen LogP contribution in [0.4, 0.5) is 5.69 Å². The molecule has 0 saturated carbocycles. The van der Waals surface area contributed by atoms with E-state index in [-0.39, 0.29) is 47.6 Å². The number of para-hydroxylation sites is 1. The van der Waals surface area contributed by atoms with Crippen LogP contribution in [0.25, 0.3) is 0 Å². The van der Waals surface area contributed by atoms with Crippen LogP contribution in [0.3, 0.4) is 0 Å². The summed E-state index contributed by atoms with van der Waals surface area (Å²) in [5, 5.41) is 0. The normalized spacial score (nSPS) is 25.4. The van der Waals surface area contributed by atoms with Crippen LogP contribution in [0.5, 0.6) is 0 Å². The SMILES string of the molecule is COC(=O)C1CC(C)N(C(=O)C2CC(=O)N(C(C)(C)C)C2)c2ccccc21. The molecule has 0 bridgehead atoms. The second-order valence-corrected chi connectivity index (χ2v) is 8.50. The minimum atomic E-state index is -0.374. The molecule has 2 amide bonds. The molecule has 0 radical (unpaired) electrons. The summed E-state index contributed by atoms with van der Waals surface area (Å²) in [5.41, 5.74) is 1.26. The summed E-state index contributed by atoms with van der Waals surface area (Å²) in [6.45, 7) is 8.33. The first-order chi connectivity index (χ1) is 12.6. The standard InChI is InChI=1S/C21H28N2O4/c1-13-10-16(20(26)27-5)15-8-6-7-9-17(15)23(13)19(25)14-11-18(24)22(12-14)21(2,3)4/h6-9,13-14,16H,10-12H2,1-5H3. The summed E-state index contributed by atoms with van der Waals surface area (Å²) in [6.07, 6.45) is 0.751. The first-order valence-corrected chi connectivity index (χ1v) is 9.45. The number of methoxy groups -OCH3 is 1. The van der Waals surface area contributed by atoms with Crippen LogP contribution in [0, 0.1) is 5.92 Å². The minimum Gasteiger partial charge on any atom is -0.469 e. The average Bonchev–Trinajstić information content (AvgIpc) is 3.02. The number of ether oxygens (including phenoxy) is 1. The van der Waals surface area contributed by atoms with Crippen molar-refractivity contribution in [1.29, 1.82) is 0 Å². The van der Waals surface area contributed by atoms with Crippen molar-refractivity contribution in [3.63, 3.8) is 0 Å². The van der Waals surface area contributed by atoms with Gasteiger partial charge in [0, 0.05) is 30.2 Å². The van der Waals surface area contributed by atoms with E-state index in [1.54, 1.807) is 9.80 Å². The van der Waals surface area contributed by atoms with E-state index in [2.05, 4.69) is 0 Å². The van der Waals surface area contributed by atoms with Crippen molar-refractivity contribution in [2.24, 2.45) is 5.92 Å². The molecule has 1 fully saturated rings. The molecule has 27 heavy (non-hydrogen) atoms. The minimum absolute atomic E-state index is 0.0197. The van der Waals surface area contributed by atoms with E-state index >= 15 is 0 Å². The Morgan fingerprint density at radius 2 is 1.85 bits per heavy atom. The fourth-order valence-electron chi connectivity index (χ4n) is 4.23. The lowest BCUT2D eigenvalue weighted by atomic mass is 9.85. The van der Waals surface area contributed by atoms with Crippen LogP contribution in [-0.2, 0) is 19.1 Å². The Morgan fingerprint density at radius 3 is 2.44 bits per heavy atom. The maximum absolute atomic E-state index is 13.4. The molecule has 1 aromatic carbocycles. The number of carbonyl (C=O) groups excluding carboxylic acids is 3. The highest BCUT2D eigenvalue weighted by Crippen LogP contribution is 2.40. The molecule has 1 aromatic rings. The number of esters is 1. The third-order valence-corrected chi connectivity index (χ3v) is 5.60. The van der Waals surface area contributed by atoms with Crippen LogP contribution in [0.1, 0.15) is 52.0 Å². The molecule has 6 heteroatoms. The van der Waals surface area contributed by atoms with Gasteiger partial charge in [0.25, 0.3) is 0 Å². The first-order valence-electron chi connectivity index (χ1n) is 9.45. The highest BCUT2D eigenvalue weighted by atomic mass is 16.5. The molecular formula is C21H28N2O4. The lowest BCUT2D eigenvalue weighted by Crippen LogP contribution is -2.48. The summed E-state index contributed by atoms with van der Waals surface area (Å²) in [4.78, 5) is 41.6. The molecule has 0 N–H and O–H groups in total. The number of rotatable bonds is 2. The molecule has 2 aliphatic heterocycles. The molecule has 2 aliphatic rings. The Balaban J connectivity index is 1.91. The number of nitrogens with zero attached hydrogens (tertiary/aromatic N) is 2. The molecule has 3 rings (SSSR count). The lowest BCUT2D eigenvalue weighted by Gasteiger charge is -2.39. The summed E-state index contributed by atoms with van der Waals surface area (Å²) < 4.78 is 4.96. The molecule has 1 saturated heterocycles. The molecule has 0 aromatic heterocycles. The smallest absolute Gasteiger partial charge is 0.313 e. The van der Waals surface area contributed by atoms with Gasteiger partial charge in [-0.25, -0.2) is 0 Å². The quantitative estimate of drug-likeness (QED) is 0.749. The third-order valence-electron chi connectivity index (χ3n) is 5.60. The van der Waals surface area contributed by atoms with Crippen molar-refractivity contribution >= 4 is 23.5 Å². The van der Waals surface area contributed by atoms with Crippen molar-refractivity contribution in [3.05, 3.63) is 29.8 Å². The Labute approximate surface area is 160 Å². The average molecular weight is 372 g/mol. The van der Waals surface area contributed by atoms with E-state index in [9.17, 15) is 14.4 Å². The number of hydrogen-bond acceptors (Lipinski definition) is 4. The number of fused-ring (bicyclic) bond motifs is 1. The number of amides is 2. The van der Waals surface area contributed by atoms with Crippen LogP contribution in [0.2, 0.25) is 0 Å². The Morgan fingerprint density at radius 1 is 1.19 bits per heavy atom. The van der Waals surface area contributed by atoms with Crippen LogP contribution in [-0.4, -0.2) is 47.9 Å². The Bertz CT molecular complexity index is 768. The number of hydrogen-bond donors (Lipinski definition) is 0. The van der Waals surface area contributed by atoms with E-state index in [0.717, 1.165) is 11.3 Å². The maximum atomic E-state index is 13.4. The highest BCUT2D eigenvalue weighted by molar-refractivity contribution is 6.01. The summed E-state index contributed by atoms with van der Waals surface area (Å²) in [6, 6.07) is 7.34. The van der Waals surface area contributed by atoms with Crippen LogP contribution >= 0.6 is 0 Å². The molecule has 3 unspecified atom stereocenters. The molecule has 3 atom stereocenters. The lowest BCUT2D eigenvalue weighted by molar-refractivity contribution is -0.143. The van der Waals surface area contributed by atoms with E-state index in [4.69, 9.17) is 4.74 Å². The van der Waals surface area contributed by atoms with Gasteiger partial charge in [-0.2, -0.15) is 0 Å². The van der Waals surface area contributed by atoms with Gasteiger partial charge in [0.15, 0.2) is 0 Å². The zero-order valence-electron chi connectivity index (χ0n) is 16.7. The van der Waals surface area contributed by atoms with Crippen LogP contribution < -0.4 is 4.90 Å². The van der Waals surface area contributed by atoms with Crippen molar-refractivity contribution in [2.45, 2.75) is 58.0 Å². The first kappa shape index (κ1) is 19.4. The number of benzene rings is 1.